The maximum absolute atomic E-state index is 5.97. The standard InChI is InChI=1S/C12H10Cl2N2S/c13-9-4-3-8(6-10(9)14)17-12-2-1-5-16-11(12)7-15/h1-6H,7,15H2. The minimum absolute atomic E-state index is 0.421. The van der Waals surface area contributed by atoms with E-state index in [1.807, 2.05) is 24.3 Å². The molecule has 0 spiro atoms. The molecule has 17 heavy (non-hydrogen) atoms. The van der Waals surface area contributed by atoms with E-state index in [1.54, 1.807) is 24.0 Å². The molecule has 88 valence electrons. The molecule has 0 atom stereocenters. The summed E-state index contributed by atoms with van der Waals surface area (Å²) in [5.41, 5.74) is 6.51. The van der Waals surface area contributed by atoms with Gasteiger partial charge in [-0.05, 0) is 30.3 Å². The molecule has 1 heterocycles. The van der Waals surface area contributed by atoms with Gasteiger partial charge in [-0.1, -0.05) is 35.0 Å². The Hall–Kier alpha value is -0.740. The lowest BCUT2D eigenvalue weighted by molar-refractivity contribution is 0.944. The van der Waals surface area contributed by atoms with Crippen LogP contribution in [0.3, 0.4) is 0 Å². The molecule has 0 unspecified atom stereocenters. The molecule has 0 aliphatic carbocycles. The quantitative estimate of drug-likeness (QED) is 0.926. The van der Waals surface area contributed by atoms with Crippen molar-refractivity contribution in [3.05, 3.63) is 52.3 Å². The van der Waals surface area contributed by atoms with Crippen LogP contribution in [0.25, 0.3) is 0 Å². The largest absolute Gasteiger partial charge is 0.325 e. The Bertz CT molecular complexity index is 532. The molecule has 0 amide bonds. The molecular formula is C12H10Cl2N2S. The number of nitrogens with zero attached hydrogens (tertiary/aromatic N) is 1. The zero-order valence-electron chi connectivity index (χ0n) is 8.86. The van der Waals surface area contributed by atoms with Crippen molar-refractivity contribution in [1.82, 2.24) is 4.98 Å². The van der Waals surface area contributed by atoms with Crippen LogP contribution in [0.15, 0.2) is 46.3 Å². The molecule has 0 fully saturated rings. The molecule has 1 aromatic carbocycles. The number of rotatable bonds is 3. The molecule has 2 aromatic rings. The number of halogens is 2. The maximum atomic E-state index is 5.97. The zero-order chi connectivity index (χ0) is 12.3. The Morgan fingerprint density at radius 1 is 1.18 bits per heavy atom. The van der Waals surface area contributed by atoms with Crippen molar-refractivity contribution >= 4 is 35.0 Å². The van der Waals surface area contributed by atoms with Crippen molar-refractivity contribution < 1.29 is 0 Å². The van der Waals surface area contributed by atoms with Crippen molar-refractivity contribution in [1.29, 1.82) is 0 Å². The Labute approximate surface area is 114 Å². The topological polar surface area (TPSA) is 38.9 Å². The Morgan fingerprint density at radius 2 is 2.00 bits per heavy atom. The van der Waals surface area contributed by atoms with E-state index in [0.29, 0.717) is 16.6 Å². The van der Waals surface area contributed by atoms with Crippen LogP contribution in [-0.2, 0) is 6.54 Å². The van der Waals surface area contributed by atoms with Gasteiger partial charge in [0.05, 0.1) is 15.7 Å². The molecule has 0 saturated carbocycles. The Balaban J connectivity index is 2.28. The summed E-state index contributed by atoms with van der Waals surface area (Å²) in [5, 5.41) is 1.11. The van der Waals surface area contributed by atoms with Gasteiger partial charge in [-0.2, -0.15) is 0 Å². The van der Waals surface area contributed by atoms with Crippen molar-refractivity contribution in [2.75, 3.05) is 0 Å². The lowest BCUT2D eigenvalue weighted by Crippen LogP contribution is -2.00. The van der Waals surface area contributed by atoms with Crippen LogP contribution >= 0.6 is 35.0 Å². The van der Waals surface area contributed by atoms with Crippen LogP contribution in [0.5, 0.6) is 0 Å². The van der Waals surface area contributed by atoms with E-state index in [1.165, 1.54) is 0 Å². The minimum atomic E-state index is 0.421. The lowest BCUT2D eigenvalue weighted by atomic mass is 10.3. The molecule has 0 saturated heterocycles. The minimum Gasteiger partial charge on any atom is -0.325 e. The summed E-state index contributed by atoms with van der Waals surface area (Å²) in [6.45, 7) is 0.421. The normalized spacial score (nSPS) is 10.5. The van der Waals surface area contributed by atoms with Gasteiger partial charge in [-0.25, -0.2) is 0 Å². The van der Waals surface area contributed by atoms with Crippen LogP contribution < -0.4 is 5.73 Å². The molecule has 5 heteroatoms. The van der Waals surface area contributed by atoms with Crippen molar-refractivity contribution in [3.8, 4) is 0 Å². The Morgan fingerprint density at radius 3 is 2.71 bits per heavy atom. The second kappa shape index (κ2) is 5.74. The van der Waals surface area contributed by atoms with Crippen LogP contribution in [0.4, 0.5) is 0 Å². The summed E-state index contributed by atoms with van der Waals surface area (Å²) in [5.74, 6) is 0. The van der Waals surface area contributed by atoms with E-state index in [2.05, 4.69) is 4.98 Å². The van der Waals surface area contributed by atoms with Crippen LogP contribution in [0.2, 0.25) is 10.0 Å². The van der Waals surface area contributed by atoms with Crippen LogP contribution in [0, 0.1) is 0 Å². The third-order valence-electron chi connectivity index (χ3n) is 2.16. The van der Waals surface area contributed by atoms with E-state index < -0.39 is 0 Å². The molecule has 0 aliphatic heterocycles. The van der Waals surface area contributed by atoms with E-state index >= 15 is 0 Å². The first kappa shape index (κ1) is 12.7. The number of nitrogens with two attached hydrogens (primary N) is 1. The van der Waals surface area contributed by atoms with E-state index in [4.69, 9.17) is 28.9 Å². The number of benzene rings is 1. The predicted molar refractivity (Wildman–Crippen MR) is 72.7 cm³/mol. The van der Waals surface area contributed by atoms with E-state index in [9.17, 15) is 0 Å². The van der Waals surface area contributed by atoms with Crippen molar-refractivity contribution in [3.63, 3.8) is 0 Å². The zero-order valence-corrected chi connectivity index (χ0v) is 11.2. The highest BCUT2D eigenvalue weighted by Gasteiger charge is 2.05. The second-order valence-corrected chi connectivity index (χ2v) is 5.26. The van der Waals surface area contributed by atoms with Gasteiger partial charge in [-0.3, -0.25) is 4.98 Å². The number of aromatic nitrogens is 1. The van der Waals surface area contributed by atoms with Gasteiger partial charge in [0.1, 0.15) is 0 Å². The van der Waals surface area contributed by atoms with Gasteiger partial charge in [-0.15, -0.1) is 0 Å². The van der Waals surface area contributed by atoms with Gasteiger partial charge in [0.25, 0.3) is 0 Å². The molecule has 0 aliphatic rings. The third kappa shape index (κ3) is 3.13. The summed E-state index contributed by atoms with van der Waals surface area (Å²) >= 11 is 13.4. The molecule has 2 nitrogen and oxygen atoms in total. The van der Waals surface area contributed by atoms with Gasteiger partial charge in [0.15, 0.2) is 0 Å². The molecule has 2 N–H and O–H groups in total. The van der Waals surface area contributed by atoms with Crippen LogP contribution in [0.1, 0.15) is 5.69 Å². The number of pyridine rings is 1. The predicted octanol–water partition coefficient (Wildman–Crippen LogP) is 4.00. The summed E-state index contributed by atoms with van der Waals surface area (Å²) < 4.78 is 0. The number of hydrogen-bond acceptors (Lipinski definition) is 3. The first-order valence-corrected chi connectivity index (χ1v) is 6.55. The number of hydrogen-bond donors (Lipinski definition) is 1. The Kier molecular flexibility index (Phi) is 4.29. The first-order chi connectivity index (χ1) is 8.20. The summed E-state index contributed by atoms with van der Waals surface area (Å²) in [4.78, 5) is 6.28. The van der Waals surface area contributed by atoms with E-state index in [0.717, 1.165) is 15.5 Å². The highest BCUT2D eigenvalue weighted by atomic mass is 35.5. The fraction of sp³-hybridized carbons (Fsp3) is 0.0833. The molecule has 2 rings (SSSR count). The van der Waals surface area contributed by atoms with Crippen molar-refractivity contribution in [2.24, 2.45) is 5.73 Å². The van der Waals surface area contributed by atoms with E-state index in [-0.39, 0.29) is 0 Å². The van der Waals surface area contributed by atoms with Gasteiger partial charge in [0, 0.05) is 22.5 Å². The van der Waals surface area contributed by atoms with Gasteiger partial charge < -0.3 is 5.73 Å². The average Bonchev–Trinajstić information content (AvgIpc) is 2.34. The summed E-state index contributed by atoms with van der Waals surface area (Å²) in [6.07, 6.45) is 1.74. The van der Waals surface area contributed by atoms with Gasteiger partial charge >= 0.3 is 0 Å². The smallest absolute Gasteiger partial charge is 0.0678 e. The summed E-state index contributed by atoms with van der Waals surface area (Å²) in [7, 11) is 0. The molecule has 0 radical (unpaired) electrons. The second-order valence-electron chi connectivity index (χ2n) is 3.33. The molecule has 0 bridgehead atoms. The monoisotopic (exact) mass is 284 g/mol. The highest BCUT2D eigenvalue weighted by molar-refractivity contribution is 7.99. The fourth-order valence-electron chi connectivity index (χ4n) is 1.34. The van der Waals surface area contributed by atoms with Gasteiger partial charge in [0.2, 0.25) is 0 Å². The summed E-state index contributed by atoms with van der Waals surface area (Å²) in [6, 6.07) is 9.42. The maximum Gasteiger partial charge on any atom is 0.0678 e. The molecular weight excluding hydrogens is 275 g/mol. The van der Waals surface area contributed by atoms with Crippen LogP contribution in [-0.4, -0.2) is 4.98 Å². The SMILES string of the molecule is NCc1ncccc1Sc1ccc(Cl)c(Cl)c1. The lowest BCUT2D eigenvalue weighted by Gasteiger charge is -2.06. The average molecular weight is 285 g/mol. The first-order valence-electron chi connectivity index (χ1n) is 4.97. The van der Waals surface area contributed by atoms with Crippen molar-refractivity contribution in [2.45, 2.75) is 16.3 Å². The highest BCUT2D eigenvalue weighted by Crippen LogP contribution is 2.33. The molecule has 1 aromatic heterocycles. The fourth-order valence-corrected chi connectivity index (χ4v) is 2.67. The third-order valence-corrected chi connectivity index (χ3v) is 3.98.